The smallest absolute Gasteiger partial charge is 0.345 e. The summed E-state index contributed by atoms with van der Waals surface area (Å²) in [5.41, 5.74) is 1.08. The predicted octanol–water partition coefficient (Wildman–Crippen LogP) is 4.71. The van der Waals surface area contributed by atoms with Gasteiger partial charge in [0.25, 0.3) is 0 Å². The van der Waals surface area contributed by atoms with Crippen molar-refractivity contribution < 1.29 is 19.1 Å². The maximum Gasteiger partial charge on any atom is 0.345 e. The number of halogens is 1. The van der Waals surface area contributed by atoms with Crippen LogP contribution < -0.4 is 10.6 Å². The zero-order chi connectivity index (χ0) is 20.5. The van der Waals surface area contributed by atoms with Crippen LogP contribution in [0.4, 0.5) is 20.0 Å². The lowest BCUT2D eigenvalue weighted by Crippen LogP contribution is -2.20. The summed E-state index contributed by atoms with van der Waals surface area (Å²) < 4.78 is 14.8. The predicted molar refractivity (Wildman–Crippen MR) is 106 cm³/mol. The lowest BCUT2D eigenvalue weighted by Gasteiger charge is -2.14. The average Bonchev–Trinajstić information content (AvgIpc) is 3.22. The second-order valence-electron chi connectivity index (χ2n) is 7.10. The van der Waals surface area contributed by atoms with Crippen LogP contribution in [0.5, 0.6) is 0 Å². The zero-order valence-electron chi connectivity index (χ0n) is 15.5. The first-order valence-corrected chi connectivity index (χ1v) is 9.23. The highest BCUT2D eigenvalue weighted by Gasteiger charge is 2.21. The molecule has 0 saturated heterocycles. The van der Waals surface area contributed by atoms with E-state index in [0.29, 0.717) is 16.5 Å². The molecule has 0 atom stereocenters. The number of thiophene rings is 1. The van der Waals surface area contributed by atoms with E-state index < -0.39 is 12.0 Å². The molecular formula is C19H19FN4O3S. The highest BCUT2D eigenvalue weighted by atomic mass is 32.1. The Hall–Kier alpha value is -3.20. The molecule has 3 N–H and O–H groups in total. The molecule has 2 heterocycles. The second-order valence-corrected chi connectivity index (χ2v) is 8.18. The van der Waals surface area contributed by atoms with Gasteiger partial charge in [-0.1, -0.05) is 20.8 Å². The molecule has 7 nitrogen and oxygen atoms in total. The van der Waals surface area contributed by atoms with Crippen molar-refractivity contribution >= 4 is 34.2 Å². The second kappa shape index (κ2) is 7.43. The highest BCUT2D eigenvalue weighted by molar-refractivity contribution is 7.18. The third kappa shape index (κ3) is 4.37. The molecule has 3 rings (SSSR count). The number of hydrogen-bond donors (Lipinski definition) is 3. The number of nitrogens with zero attached hydrogens (tertiary/aromatic N) is 2. The summed E-state index contributed by atoms with van der Waals surface area (Å²) in [4.78, 5) is 23.5. The quantitative estimate of drug-likeness (QED) is 0.589. The van der Waals surface area contributed by atoms with Gasteiger partial charge in [-0.15, -0.1) is 11.3 Å². The van der Waals surface area contributed by atoms with Crippen molar-refractivity contribution in [1.29, 1.82) is 0 Å². The normalized spacial score (nSPS) is 11.3. The Bertz CT molecular complexity index is 1020. The monoisotopic (exact) mass is 402 g/mol. The number of rotatable bonds is 4. The summed E-state index contributed by atoms with van der Waals surface area (Å²) in [5, 5.41) is 19.2. The fourth-order valence-electron chi connectivity index (χ4n) is 2.40. The van der Waals surface area contributed by atoms with E-state index in [1.165, 1.54) is 28.9 Å². The summed E-state index contributed by atoms with van der Waals surface area (Å²) >= 11 is 0.956. The number of aromatic carboxylic acids is 1. The Morgan fingerprint density at radius 3 is 2.36 bits per heavy atom. The van der Waals surface area contributed by atoms with E-state index in [0.717, 1.165) is 17.0 Å². The molecule has 0 bridgehead atoms. The molecule has 3 aromatic rings. The van der Waals surface area contributed by atoms with Crippen molar-refractivity contribution in [2.75, 3.05) is 10.6 Å². The first kappa shape index (κ1) is 19.6. The SMILES string of the molecule is CC(C)(C)c1cc(NC(=O)Nc2ccc(C(=O)O)s2)n(-c2ccc(F)cc2)n1. The average molecular weight is 402 g/mol. The Labute approximate surface area is 164 Å². The van der Waals surface area contributed by atoms with E-state index >= 15 is 0 Å². The summed E-state index contributed by atoms with van der Waals surface area (Å²) in [7, 11) is 0. The molecule has 0 aliphatic carbocycles. The molecule has 2 aromatic heterocycles. The van der Waals surface area contributed by atoms with Crippen LogP contribution >= 0.6 is 11.3 Å². The first-order valence-electron chi connectivity index (χ1n) is 8.41. The van der Waals surface area contributed by atoms with Crippen LogP contribution in [0.15, 0.2) is 42.5 Å². The molecule has 0 unspecified atom stereocenters. The Kier molecular flexibility index (Phi) is 5.19. The van der Waals surface area contributed by atoms with Gasteiger partial charge >= 0.3 is 12.0 Å². The molecule has 9 heteroatoms. The van der Waals surface area contributed by atoms with Crippen LogP contribution in [0.2, 0.25) is 0 Å². The van der Waals surface area contributed by atoms with E-state index in [1.54, 1.807) is 18.2 Å². The van der Waals surface area contributed by atoms with Gasteiger partial charge in [0.15, 0.2) is 0 Å². The number of amides is 2. The third-order valence-corrected chi connectivity index (χ3v) is 4.83. The minimum Gasteiger partial charge on any atom is -0.477 e. The lowest BCUT2D eigenvalue weighted by atomic mass is 9.92. The fourth-order valence-corrected chi connectivity index (χ4v) is 3.14. The molecule has 2 amide bonds. The summed E-state index contributed by atoms with van der Waals surface area (Å²) in [6.07, 6.45) is 0. The van der Waals surface area contributed by atoms with Gasteiger partial charge in [-0.25, -0.2) is 18.7 Å². The number of hydrogen-bond acceptors (Lipinski definition) is 4. The van der Waals surface area contributed by atoms with E-state index in [2.05, 4.69) is 15.7 Å². The summed E-state index contributed by atoms with van der Waals surface area (Å²) in [6, 6.07) is 9.91. The lowest BCUT2D eigenvalue weighted by molar-refractivity contribution is 0.0702. The number of urea groups is 1. The minimum absolute atomic E-state index is 0.127. The third-order valence-electron chi connectivity index (χ3n) is 3.84. The van der Waals surface area contributed by atoms with Gasteiger partial charge in [0.05, 0.1) is 16.4 Å². The first-order chi connectivity index (χ1) is 13.1. The standard InChI is InChI=1S/C19H19FN4O3S/c1-19(2,3)14-10-15(24(23-14)12-6-4-11(20)5-7-12)21-18(27)22-16-9-8-13(28-16)17(25)26/h4-10H,1-3H3,(H,25,26)(H2,21,22,27). The van der Waals surface area contributed by atoms with Gasteiger partial charge < -0.3 is 5.11 Å². The molecule has 0 fully saturated rings. The van der Waals surface area contributed by atoms with E-state index in [4.69, 9.17) is 5.11 Å². The molecule has 146 valence electrons. The van der Waals surface area contributed by atoms with Crippen LogP contribution in [0, 0.1) is 5.82 Å². The van der Waals surface area contributed by atoms with Crippen LogP contribution in [-0.2, 0) is 5.41 Å². The van der Waals surface area contributed by atoms with Gasteiger partial charge in [-0.2, -0.15) is 5.10 Å². The van der Waals surface area contributed by atoms with Crippen molar-refractivity contribution in [2.24, 2.45) is 0 Å². The van der Waals surface area contributed by atoms with Crippen molar-refractivity contribution in [3.63, 3.8) is 0 Å². The maximum atomic E-state index is 13.3. The van der Waals surface area contributed by atoms with Crippen molar-refractivity contribution in [3.8, 4) is 5.69 Å². The largest absolute Gasteiger partial charge is 0.477 e. The zero-order valence-corrected chi connectivity index (χ0v) is 16.3. The Balaban J connectivity index is 1.86. The van der Waals surface area contributed by atoms with Crippen LogP contribution in [-0.4, -0.2) is 26.9 Å². The molecule has 0 aliphatic heterocycles. The number of carboxylic acids is 1. The van der Waals surface area contributed by atoms with Crippen molar-refractivity contribution in [1.82, 2.24) is 9.78 Å². The molecule has 0 aliphatic rings. The van der Waals surface area contributed by atoms with Gasteiger partial charge in [0, 0.05) is 11.5 Å². The van der Waals surface area contributed by atoms with E-state index in [1.807, 2.05) is 20.8 Å². The molecule has 0 spiro atoms. The van der Waals surface area contributed by atoms with E-state index in [9.17, 15) is 14.0 Å². The summed E-state index contributed by atoms with van der Waals surface area (Å²) in [5.74, 6) is -1.02. The maximum absolute atomic E-state index is 13.3. The number of nitrogens with one attached hydrogen (secondary N) is 2. The van der Waals surface area contributed by atoms with Gasteiger partial charge in [-0.3, -0.25) is 10.6 Å². The molecule has 1 aromatic carbocycles. The number of anilines is 2. The van der Waals surface area contributed by atoms with Gasteiger partial charge in [-0.05, 0) is 36.4 Å². The molecular weight excluding hydrogens is 383 g/mol. The topological polar surface area (TPSA) is 96.3 Å². The Morgan fingerprint density at radius 1 is 1.11 bits per heavy atom. The molecule has 0 saturated carbocycles. The Morgan fingerprint density at radius 2 is 1.79 bits per heavy atom. The van der Waals surface area contributed by atoms with E-state index in [-0.39, 0.29) is 16.1 Å². The number of carboxylic acid groups (broad SMARTS) is 1. The van der Waals surface area contributed by atoms with Crippen LogP contribution in [0.25, 0.3) is 5.69 Å². The van der Waals surface area contributed by atoms with Crippen molar-refractivity contribution in [2.45, 2.75) is 26.2 Å². The van der Waals surface area contributed by atoms with Crippen LogP contribution in [0.1, 0.15) is 36.1 Å². The highest BCUT2D eigenvalue weighted by Crippen LogP contribution is 2.27. The minimum atomic E-state index is -1.05. The number of benzene rings is 1. The van der Waals surface area contributed by atoms with Crippen molar-refractivity contribution in [3.05, 3.63) is 58.9 Å². The molecule has 0 radical (unpaired) electrons. The van der Waals surface area contributed by atoms with Crippen LogP contribution in [0.3, 0.4) is 0 Å². The number of aromatic nitrogens is 2. The number of carbonyl (C=O) groups excluding carboxylic acids is 1. The summed E-state index contributed by atoms with van der Waals surface area (Å²) in [6.45, 7) is 5.98. The molecule has 28 heavy (non-hydrogen) atoms. The van der Waals surface area contributed by atoms with Gasteiger partial charge in [0.2, 0.25) is 0 Å². The number of carbonyl (C=O) groups is 2. The van der Waals surface area contributed by atoms with Gasteiger partial charge in [0.1, 0.15) is 16.5 Å². The fraction of sp³-hybridized carbons (Fsp3) is 0.211.